The number of fused-ring (bicyclic) bond motifs is 7. The van der Waals surface area contributed by atoms with Gasteiger partial charge < -0.3 is 9.57 Å². The largest absolute Gasteiger partial charge is 0.462 e. The maximum absolute atomic E-state index is 11.5. The molecule has 0 aliphatic heterocycles. The Kier molecular flexibility index (Phi) is 4.74. The van der Waals surface area contributed by atoms with Gasteiger partial charge in [-0.2, -0.15) is 0 Å². The fraction of sp³-hybridized carbons (Fsp3) is 0.808. The fourth-order valence-corrected chi connectivity index (χ4v) is 8.96. The van der Waals surface area contributed by atoms with E-state index in [0.29, 0.717) is 11.8 Å². The predicted molar refractivity (Wildman–Crippen MR) is 118 cm³/mol. The Morgan fingerprint density at radius 2 is 1.84 bits per heavy atom. The lowest BCUT2D eigenvalue weighted by molar-refractivity contribution is -0.148. The van der Waals surface area contributed by atoms with Crippen molar-refractivity contribution in [2.75, 3.05) is 0 Å². The summed E-state index contributed by atoms with van der Waals surface area (Å²) < 4.78 is 5.58. The molecule has 0 heterocycles. The van der Waals surface area contributed by atoms with Gasteiger partial charge in [0, 0.05) is 25.7 Å². The highest BCUT2D eigenvalue weighted by atomic mass is 16.7. The van der Waals surface area contributed by atoms with Crippen LogP contribution in [0.15, 0.2) is 16.8 Å². The Hall–Kier alpha value is -1.65. The average molecular weight is 428 g/mol. The van der Waals surface area contributed by atoms with Crippen LogP contribution in [-0.2, 0) is 19.2 Å². The lowest BCUT2D eigenvalue weighted by Crippen LogP contribution is -2.52. The molecule has 0 radical (unpaired) electrons. The molecule has 5 aliphatic carbocycles. The third-order valence-corrected chi connectivity index (χ3v) is 10.4. The summed E-state index contributed by atoms with van der Waals surface area (Å²) in [6.07, 6.45) is 11.8. The van der Waals surface area contributed by atoms with Crippen LogP contribution in [-0.4, -0.2) is 23.8 Å². The van der Waals surface area contributed by atoms with Crippen LogP contribution in [0.2, 0.25) is 0 Å². The van der Waals surface area contributed by atoms with Crippen molar-refractivity contribution in [1.82, 2.24) is 0 Å². The van der Waals surface area contributed by atoms with Gasteiger partial charge in [-0.3, -0.25) is 4.79 Å². The molecule has 0 bridgehead atoms. The number of esters is 1. The summed E-state index contributed by atoms with van der Waals surface area (Å²) in [6, 6.07) is 0. The zero-order chi connectivity index (χ0) is 22.2. The Labute approximate surface area is 186 Å². The van der Waals surface area contributed by atoms with Crippen LogP contribution in [0.25, 0.3) is 0 Å². The van der Waals surface area contributed by atoms with E-state index in [1.54, 1.807) is 5.57 Å². The molecule has 5 aliphatic rings. The van der Waals surface area contributed by atoms with Crippen LogP contribution in [0.1, 0.15) is 86.0 Å². The fourth-order valence-electron chi connectivity index (χ4n) is 8.96. The highest BCUT2D eigenvalue weighted by molar-refractivity contribution is 5.92. The molecule has 0 aromatic heterocycles. The van der Waals surface area contributed by atoms with Gasteiger partial charge in [0.1, 0.15) is 6.10 Å². The number of hydrogen-bond acceptors (Lipinski definition) is 5. The molecule has 0 aromatic carbocycles. The number of hydrogen-bond donors (Lipinski definition) is 0. The Morgan fingerprint density at radius 1 is 1.06 bits per heavy atom. The number of carbonyl (C=O) groups excluding carboxylic acids is 2. The number of allylic oxidation sites excluding steroid dienone is 1. The van der Waals surface area contributed by atoms with E-state index in [1.165, 1.54) is 39.5 Å². The van der Waals surface area contributed by atoms with Gasteiger partial charge in [0.15, 0.2) is 0 Å². The van der Waals surface area contributed by atoms with Crippen LogP contribution in [0, 0.1) is 39.9 Å². The van der Waals surface area contributed by atoms with E-state index in [0.717, 1.165) is 43.2 Å². The molecule has 5 rings (SSSR count). The molecule has 0 N–H and O–H groups in total. The minimum atomic E-state index is -0.335. The van der Waals surface area contributed by atoms with Crippen molar-refractivity contribution in [2.24, 2.45) is 45.1 Å². The van der Waals surface area contributed by atoms with Gasteiger partial charge in [0.2, 0.25) is 0 Å². The van der Waals surface area contributed by atoms with Gasteiger partial charge >= 0.3 is 11.9 Å². The van der Waals surface area contributed by atoms with Crippen molar-refractivity contribution in [3.05, 3.63) is 11.6 Å². The SMILES string of the molecule is CC(=O)O/N=C(/C)[C@@]12C[C@@H]1C[C@@H]1[C@H]3CC=C4C[C@@H](OC(C)=O)CC[C@]4(C)[C@H]3CC[C@@]12C. The van der Waals surface area contributed by atoms with Crippen LogP contribution in [0.5, 0.6) is 0 Å². The van der Waals surface area contributed by atoms with Crippen LogP contribution in [0.3, 0.4) is 0 Å². The number of carbonyl (C=O) groups is 2. The van der Waals surface area contributed by atoms with E-state index in [9.17, 15) is 9.59 Å². The van der Waals surface area contributed by atoms with Gasteiger partial charge in [-0.1, -0.05) is 30.7 Å². The lowest BCUT2D eigenvalue weighted by atomic mass is 9.46. The first-order valence-corrected chi connectivity index (χ1v) is 12.2. The highest BCUT2D eigenvalue weighted by Gasteiger charge is 2.76. The molecule has 170 valence electrons. The molecule has 5 heteroatoms. The van der Waals surface area contributed by atoms with E-state index in [1.807, 2.05) is 0 Å². The summed E-state index contributed by atoms with van der Waals surface area (Å²) in [7, 11) is 0. The molecule has 0 saturated heterocycles. The van der Waals surface area contributed by atoms with E-state index in [-0.39, 0.29) is 34.3 Å². The van der Waals surface area contributed by atoms with E-state index in [4.69, 9.17) is 9.57 Å². The first-order chi connectivity index (χ1) is 14.6. The second kappa shape index (κ2) is 6.92. The Bertz CT molecular complexity index is 877. The Morgan fingerprint density at radius 3 is 2.55 bits per heavy atom. The number of ether oxygens (including phenoxy) is 1. The quantitative estimate of drug-likeness (QED) is 0.198. The molecule has 4 fully saturated rings. The van der Waals surface area contributed by atoms with Crippen LogP contribution in [0.4, 0.5) is 0 Å². The van der Waals surface area contributed by atoms with Gasteiger partial charge in [-0.05, 0) is 86.4 Å². The maximum Gasteiger partial charge on any atom is 0.331 e. The number of rotatable bonds is 3. The summed E-state index contributed by atoms with van der Waals surface area (Å²) in [5.74, 6) is 2.37. The van der Waals surface area contributed by atoms with Crippen molar-refractivity contribution >= 4 is 17.7 Å². The normalized spacial score (nSPS) is 47.8. The van der Waals surface area contributed by atoms with Crippen molar-refractivity contribution in [3.63, 3.8) is 0 Å². The molecule has 5 nitrogen and oxygen atoms in total. The lowest BCUT2D eigenvalue weighted by Gasteiger charge is -2.59. The van der Waals surface area contributed by atoms with Crippen molar-refractivity contribution < 1.29 is 19.2 Å². The van der Waals surface area contributed by atoms with Crippen LogP contribution < -0.4 is 0 Å². The molecular formula is C26H37NO4. The van der Waals surface area contributed by atoms with Crippen LogP contribution >= 0.6 is 0 Å². The second-order valence-electron chi connectivity index (χ2n) is 11.6. The van der Waals surface area contributed by atoms with Gasteiger partial charge in [-0.15, -0.1) is 0 Å². The molecule has 8 atom stereocenters. The second-order valence-corrected chi connectivity index (χ2v) is 11.6. The molecular weight excluding hydrogens is 390 g/mol. The smallest absolute Gasteiger partial charge is 0.331 e. The Balaban J connectivity index is 1.40. The number of oxime groups is 1. The molecule has 0 amide bonds. The van der Waals surface area contributed by atoms with E-state index >= 15 is 0 Å². The third-order valence-electron chi connectivity index (χ3n) is 10.4. The summed E-state index contributed by atoms with van der Waals surface area (Å²) in [5, 5.41) is 4.28. The standard InChI is InChI=1S/C26H37NO4/c1-15(27-31-17(3)29)26-14-19(26)13-23-21-7-6-18-12-20(30-16(2)28)8-10-24(18,4)22(21)9-11-25(23,26)5/h6,19-23H,7-14H2,1-5H3/b27-15-/t19-,20-,21-,22-,23+,24-,25-,26-/m0/s1. The molecule has 0 spiro atoms. The molecule has 0 aromatic rings. The van der Waals surface area contributed by atoms with Gasteiger partial charge in [0.25, 0.3) is 0 Å². The zero-order valence-electron chi connectivity index (χ0n) is 19.7. The first kappa shape index (κ1) is 21.2. The number of nitrogens with zero attached hydrogens (tertiary/aromatic N) is 1. The summed E-state index contributed by atoms with van der Waals surface area (Å²) in [6.45, 7) is 10.0. The predicted octanol–water partition coefficient (Wildman–Crippen LogP) is 5.44. The average Bonchev–Trinajstić information content (AvgIpc) is 3.38. The summed E-state index contributed by atoms with van der Waals surface area (Å²) >= 11 is 0. The topological polar surface area (TPSA) is 65.0 Å². The van der Waals surface area contributed by atoms with Crippen molar-refractivity contribution in [2.45, 2.75) is 92.1 Å². The maximum atomic E-state index is 11.5. The zero-order valence-corrected chi connectivity index (χ0v) is 19.7. The minimum Gasteiger partial charge on any atom is -0.462 e. The summed E-state index contributed by atoms with van der Waals surface area (Å²) in [4.78, 5) is 27.9. The van der Waals surface area contributed by atoms with Gasteiger partial charge in [-0.25, -0.2) is 4.79 Å². The third kappa shape index (κ3) is 2.90. The summed E-state index contributed by atoms with van der Waals surface area (Å²) in [5.41, 5.74) is 3.22. The highest BCUT2D eigenvalue weighted by Crippen LogP contribution is 2.80. The van der Waals surface area contributed by atoms with E-state index in [2.05, 4.69) is 32.0 Å². The van der Waals surface area contributed by atoms with Crippen molar-refractivity contribution in [1.29, 1.82) is 0 Å². The minimum absolute atomic E-state index is 0.0600. The molecule has 31 heavy (non-hydrogen) atoms. The van der Waals surface area contributed by atoms with Crippen molar-refractivity contribution in [3.8, 4) is 0 Å². The van der Waals surface area contributed by atoms with Gasteiger partial charge in [0.05, 0.1) is 5.71 Å². The van der Waals surface area contributed by atoms with E-state index < -0.39 is 0 Å². The first-order valence-electron chi connectivity index (χ1n) is 12.2. The molecule has 4 saturated carbocycles. The molecule has 0 unspecified atom stereocenters. The monoisotopic (exact) mass is 427 g/mol.